The summed E-state index contributed by atoms with van der Waals surface area (Å²) in [5.41, 5.74) is 6.06. The van der Waals surface area contributed by atoms with Gasteiger partial charge in [0, 0.05) is 6.42 Å². The van der Waals surface area contributed by atoms with Crippen molar-refractivity contribution < 1.29 is 14.6 Å². The van der Waals surface area contributed by atoms with Gasteiger partial charge in [-0.05, 0) is 44.9 Å². The van der Waals surface area contributed by atoms with Gasteiger partial charge in [0.2, 0.25) is 0 Å². The Morgan fingerprint density at radius 2 is 1.05 bits per heavy atom. The molecule has 40 heavy (non-hydrogen) atoms. The number of carbonyl (C=O) groups excluding carboxylic acids is 1. The average Bonchev–Trinajstić information content (AvgIpc) is 2.96. The number of rotatable bonds is 31. The van der Waals surface area contributed by atoms with Crippen LogP contribution in [0.3, 0.4) is 0 Å². The van der Waals surface area contributed by atoms with Crippen LogP contribution in [0.5, 0.6) is 0 Å². The molecule has 0 amide bonds. The minimum Gasteiger partial charge on any atom is -0.464 e. The molecule has 0 heterocycles. The molecule has 0 aromatic carbocycles. The van der Waals surface area contributed by atoms with Gasteiger partial charge in [-0.25, -0.2) is 0 Å². The molecule has 0 bridgehead atoms. The Bertz CT molecular complexity index is 574. The summed E-state index contributed by atoms with van der Waals surface area (Å²) in [5, 5.41) is 10.3. The lowest BCUT2D eigenvalue weighted by Crippen LogP contribution is -2.39. The number of aliphatic hydroxyl groups is 1. The average molecular weight is 564 g/mol. The lowest BCUT2D eigenvalue weighted by atomic mass is 10.0. The van der Waals surface area contributed by atoms with Gasteiger partial charge < -0.3 is 15.6 Å². The van der Waals surface area contributed by atoms with E-state index in [0.717, 1.165) is 44.9 Å². The van der Waals surface area contributed by atoms with Crippen LogP contribution in [0.25, 0.3) is 0 Å². The number of hydrogen-bond acceptors (Lipinski definition) is 4. The molecule has 0 aliphatic rings. The summed E-state index contributed by atoms with van der Waals surface area (Å²) < 4.78 is 5.32. The predicted octanol–water partition coefficient (Wildman–Crippen LogP) is 10.5. The SMILES string of the molecule is CCCCC/C=C\C/C=C\CCCCCCCC(=O)OCC(N)C(O)CCCCCCCCCCCCCCC. The first-order chi connectivity index (χ1) is 19.6. The minimum absolute atomic E-state index is 0.124. The van der Waals surface area contributed by atoms with Crippen molar-refractivity contribution in [3.05, 3.63) is 24.3 Å². The highest BCUT2D eigenvalue weighted by Gasteiger charge is 2.16. The Morgan fingerprint density at radius 1 is 0.625 bits per heavy atom. The van der Waals surface area contributed by atoms with E-state index in [1.165, 1.54) is 109 Å². The van der Waals surface area contributed by atoms with E-state index in [1.807, 2.05) is 0 Å². The Morgan fingerprint density at radius 3 is 1.60 bits per heavy atom. The zero-order valence-corrected chi connectivity index (χ0v) is 26.9. The zero-order chi connectivity index (χ0) is 29.4. The van der Waals surface area contributed by atoms with Crippen molar-refractivity contribution in [3.8, 4) is 0 Å². The summed E-state index contributed by atoms with van der Waals surface area (Å²) in [4.78, 5) is 12.0. The third kappa shape index (κ3) is 29.8. The van der Waals surface area contributed by atoms with E-state index in [-0.39, 0.29) is 12.6 Å². The van der Waals surface area contributed by atoms with Gasteiger partial charge in [0.15, 0.2) is 0 Å². The van der Waals surface area contributed by atoms with Crippen molar-refractivity contribution in [2.24, 2.45) is 5.73 Å². The van der Waals surface area contributed by atoms with Gasteiger partial charge >= 0.3 is 5.97 Å². The highest BCUT2D eigenvalue weighted by molar-refractivity contribution is 5.69. The molecule has 0 saturated carbocycles. The van der Waals surface area contributed by atoms with Crippen LogP contribution in [0.1, 0.15) is 181 Å². The van der Waals surface area contributed by atoms with E-state index in [9.17, 15) is 9.90 Å². The largest absolute Gasteiger partial charge is 0.464 e. The smallest absolute Gasteiger partial charge is 0.305 e. The number of hydrogen-bond donors (Lipinski definition) is 2. The fraction of sp³-hybridized carbons (Fsp3) is 0.861. The van der Waals surface area contributed by atoms with E-state index < -0.39 is 12.1 Å². The van der Waals surface area contributed by atoms with Crippen LogP contribution in [0.15, 0.2) is 24.3 Å². The first-order valence-electron chi connectivity index (χ1n) is 17.5. The van der Waals surface area contributed by atoms with Crippen molar-refractivity contribution in [2.45, 2.75) is 193 Å². The monoisotopic (exact) mass is 564 g/mol. The van der Waals surface area contributed by atoms with Crippen LogP contribution in [0, 0.1) is 0 Å². The second-order valence-corrected chi connectivity index (χ2v) is 11.9. The fourth-order valence-electron chi connectivity index (χ4n) is 5.04. The third-order valence-corrected chi connectivity index (χ3v) is 7.87. The van der Waals surface area contributed by atoms with Crippen molar-refractivity contribution in [2.75, 3.05) is 6.61 Å². The maximum atomic E-state index is 12.0. The van der Waals surface area contributed by atoms with Gasteiger partial charge in [-0.1, -0.05) is 154 Å². The number of esters is 1. The Kier molecular flexibility index (Phi) is 31.5. The zero-order valence-electron chi connectivity index (χ0n) is 26.9. The normalized spacial score (nSPS) is 13.4. The quantitative estimate of drug-likeness (QED) is 0.0500. The van der Waals surface area contributed by atoms with Crippen molar-refractivity contribution in [3.63, 3.8) is 0 Å². The molecule has 0 aliphatic heterocycles. The molecule has 236 valence electrons. The molecule has 0 fully saturated rings. The maximum Gasteiger partial charge on any atom is 0.305 e. The van der Waals surface area contributed by atoms with E-state index in [2.05, 4.69) is 38.2 Å². The Balaban J connectivity index is 3.47. The Labute approximate surface area is 250 Å². The van der Waals surface area contributed by atoms with Gasteiger partial charge in [0.1, 0.15) is 6.61 Å². The van der Waals surface area contributed by atoms with E-state index >= 15 is 0 Å². The Hall–Kier alpha value is -1.13. The van der Waals surface area contributed by atoms with Gasteiger partial charge in [-0.3, -0.25) is 4.79 Å². The molecule has 0 radical (unpaired) electrons. The van der Waals surface area contributed by atoms with Gasteiger partial charge in [-0.2, -0.15) is 0 Å². The summed E-state index contributed by atoms with van der Waals surface area (Å²) in [6, 6.07) is -0.481. The summed E-state index contributed by atoms with van der Waals surface area (Å²) >= 11 is 0. The molecule has 0 aromatic rings. The number of nitrogens with two attached hydrogens (primary N) is 1. The van der Waals surface area contributed by atoms with E-state index in [0.29, 0.717) is 12.8 Å². The number of carbonyl (C=O) groups is 1. The molecule has 4 heteroatoms. The highest BCUT2D eigenvalue weighted by Crippen LogP contribution is 2.14. The van der Waals surface area contributed by atoms with Crippen molar-refractivity contribution in [1.29, 1.82) is 0 Å². The van der Waals surface area contributed by atoms with Crippen LogP contribution < -0.4 is 5.73 Å². The molecule has 0 rings (SSSR count). The molecule has 2 atom stereocenters. The molecule has 3 N–H and O–H groups in total. The lowest BCUT2D eigenvalue weighted by molar-refractivity contribution is -0.145. The fourth-order valence-corrected chi connectivity index (χ4v) is 5.04. The van der Waals surface area contributed by atoms with Crippen LogP contribution in [-0.2, 0) is 9.53 Å². The summed E-state index contributed by atoms with van der Waals surface area (Å²) in [6.07, 6.45) is 39.7. The minimum atomic E-state index is -0.587. The standard InChI is InChI=1S/C36H69NO3/c1-3-5-7-9-11-13-15-17-18-20-22-24-26-28-30-32-36(39)40-33-34(37)35(38)31-29-27-25-23-21-19-16-14-12-10-8-6-4-2/h11,13,17-18,34-35,38H,3-10,12,14-16,19-33,37H2,1-2H3/b13-11-,18-17-. The van der Waals surface area contributed by atoms with Gasteiger partial charge in [0.25, 0.3) is 0 Å². The molecule has 2 unspecified atom stereocenters. The van der Waals surface area contributed by atoms with Crippen LogP contribution in [0.2, 0.25) is 0 Å². The second-order valence-electron chi connectivity index (χ2n) is 11.9. The number of allylic oxidation sites excluding steroid dienone is 4. The van der Waals surface area contributed by atoms with Crippen LogP contribution in [-0.4, -0.2) is 29.8 Å². The van der Waals surface area contributed by atoms with Crippen molar-refractivity contribution in [1.82, 2.24) is 0 Å². The summed E-state index contributed by atoms with van der Waals surface area (Å²) in [5.74, 6) is -0.186. The van der Waals surface area contributed by atoms with Gasteiger partial charge in [-0.15, -0.1) is 0 Å². The van der Waals surface area contributed by atoms with Crippen LogP contribution >= 0.6 is 0 Å². The van der Waals surface area contributed by atoms with Gasteiger partial charge in [0.05, 0.1) is 12.1 Å². The van der Waals surface area contributed by atoms with E-state index in [1.54, 1.807) is 0 Å². The molecule has 0 saturated heterocycles. The van der Waals surface area contributed by atoms with Crippen molar-refractivity contribution >= 4 is 5.97 Å². The molecule has 4 nitrogen and oxygen atoms in total. The third-order valence-electron chi connectivity index (χ3n) is 7.87. The first kappa shape index (κ1) is 38.9. The predicted molar refractivity (Wildman–Crippen MR) is 175 cm³/mol. The second kappa shape index (κ2) is 32.4. The molecular formula is C36H69NO3. The molecule has 0 aliphatic carbocycles. The molecule has 0 spiro atoms. The summed E-state index contributed by atoms with van der Waals surface area (Å²) in [6.45, 7) is 4.64. The molecular weight excluding hydrogens is 494 g/mol. The molecule has 0 aromatic heterocycles. The van der Waals surface area contributed by atoms with Crippen LogP contribution in [0.4, 0.5) is 0 Å². The number of unbranched alkanes of at least 4 members (excludes halogenated alkanes) is 20. The first-order valence-corrected chi connectivity index (χ1v) is 17.5. The maximum absolute atomic E-state index is 12.0. The topological polar surface area (TPSA) is 72.5 Å². The number of ether oxygens (including phenoxy) is 1. The van der Waals surface area contributed by atoms with E-state index in [4.69, 9.17) is 10.5 Å². The highest BCUT2D eigenvalue weighted by atomic mass is 16.5. The summed E-state index contributed by atoms with van der Waals surface area (Å²) in [7, 11) is 0. The lowest BCUT2D eigenvalue weighted by Gasteiger charge is -2.18. The number of aliphatic hydroxyl groups excluding tert-OH is 1.